The first-order valence-corrected chi connectivity index (χ1v) is 9.54. The Kier molecular flexibility index (Phi) is 4.52. The fourth-order valence-corrected chi connectivity index (χ4v) is 4.06. The molecule has 1 N–H and O–H groups in total. The molecule has 25 heavy (non-hydrogen) atoms. The maximum Gasteiger partial charge on any atom is 0.257 e. The highest BCUT2D eigenvalue weighted by Gasteiger charge is 2.15. The summed E-state index contributed by atoms with van der Waals surface area (Å²) in [6.07, 6.45) is 4.66. The first kappa shape index (κ1) is 16.6. The molecule has 1 aliphatic rings. The molecule has 128 valence electrons. The zero-order chi connectivity index (χ0) is 17.4. The molecular formula is C19H17BrClN3O. The highest BCUT2D eigenvalue weighted by Crippen LogP contribution is 2.26. The van der Waals surface area contributed by atoms with Crippen molar-refractivity contribution in [2.75, 3.05) is 5.32 Å². The molecule has 0 unspecified atom stereocenters. The zero-order valence-corrected chi connectivity index (χ0v) is 15.9. The average Bonchev–Trinajstić information content (AvgIpc) is 2.75. The fourth-order valence-electron chi connectivity index (χ4n) is 3.30. The van der Waals surface area contributed by atoms with Gasteiger partial charge in [-0.15, -0.1) is 0 Å². The number of nitrogens with zero attached hydrogens (tertiary/aromatic N) is 2. The predicted octanol–water partition coefficient (Wildman–Crippen LogP) is 5.43. The van der Waals surface area contributed by atoms with Crippen LogP contribution in [0.25, 0.3) is 11.0 Å². The molecule has 1 aliphatic heterocycles. The van der Waals surface area contributed by atoms with Crippen molar-refractivity contribution in [1.29, 1.82) is 0 Å². The quantitative estimate of drug-likeness (QED) is 0.603. The molecule has 2 heterocycles. The Hall–Kier alpha value is -1.85. The van der Waals surface area contributed by atoms with E-state index in [1.165, 1.54) is 19.3 Å². The number of aromatic nitrogens is 2. The Morgan fingerprint density at radius 2 is 2.04 bits per heavy atom. The predicted molar refractivity (Wildman–Crippen MR) is 104 cm³/mol. The van der Waals surface area contributed by atoms with Crippen LogP contribution in [-0.4, -0.2) is 15.5 Å². The smallest absolute Gasteiger partial charge is 0.257 e. The van der Waals surface area contributed by atoms with E-state index >= 15 is 0 Å². The van der Waals surface area contributed by atoms with E-state index < -0.39 is 0 Å². The van der Waals surface area contributed by atoms with Crippen LogP contribution in [0.3, 0.4) is 0 Å². The normalized spacial score (nSPS) is 14.2. The lowest BCUT2D eigenvalue weighted by Crippen LogP contribution is -2.12. The van der Waals surface area contributed by atoms with Crippen LogP contribution >= 0.6 is 27.5 Å². The third-order valence-electron chi connectivity index (χ3n) is 4.54. The third kappa shape index (κ3) is 3.31. The zero-order valence-electron chi connectivity index (χ0n) is 13.6. The number of hydrogen-bond donors (Lipinski definition) is 1. The number of nitrogens with one attached hydrogen (secondary N) is 1. The third-order valence-corrected chi connectivity index (χ3v) is 5.35. The summed E-state index contributed by atoms with van der Waals surface area (Å²) in [5.74, 6) is 0.921. The Balaban J connectivity index is 1.62. The SMILES string of the molecule is O=C(Nc1ccc2c(c1)nc1n2CCCCC1)c1ccc(Br)cc1Cl. The van der Waals surface area contributed by atoms with E-state index in [9.17, 15) is 4.79 Å². The topological polar surface area (TPSA) is 46.9 Å². The fraction of sp³-hybridized carbons (Fsp3) is 0.263. The monoisotopic (exact) mass is 417 g/mol. The summed E-state index contributed by atoms with van der Waals surface area (Å²) >= 11 is 9.51. The molecule has 0 saturated heterocycles. The van der Waals surface area contributed by atoms with E-state index in [4.69, 9.17) is 16.6 Å². The molecule has 1 amide bonds. The maximum atomic E-state index is 12.5. The van der Waals surface area contributed by atoms with Crippen LogP contribution in [0, 0.1) is 0 Å². The van der Waals surface area contributed by atoms with Crippen molar-refractivity contribution in [3.63, 3.8) is 0 Å². The lowest BCUT2D eigenvalue weighted by atomic mass is 10.2. The van der Waals surface area contributed by atoms with Crippen LogP contribution in [0.2, 0.25) is 5.02 Å². The molecule has 0 bridgehead atoms. The molecule has 1 aromatic heterocycles. The second-order valence-electron chi connectivity index (χ2n) is 6.27. The van der Waals surface area contributed by atoms with E-state index in [1.807, 2.05) is 18.2 Å². The Labute approximate surface area is 159 Å². The van der Waals surface area contributed by atoms with Crippen LogP contribution in [0.15, 0.2) is 40.9 Å². The highest BCUT2D eigenvalue weighted by atomic mass is 79.9. The average molecular weight is 419 g/mol. The Morgan fingerprint density at radius 1 is 1.16 bits per heavy atom. The first-order valence-electron chi connectivity index (χ1n) is 8.37. The van der Waals surface area contributed by atoms with E-state index in [-0.39, 0.29) is 5.91 Å². The van der Waals surface area contributed by atoms with Gasteiger partial charge in [0.15, 0.2) is 0 Å². The standard InChI is InChI=1S/C19H17BrClN3O/c20-12-5-7-14(15(21)10-12)19(25)22-13-6-8-17-16(11-13)23-18-4-2-1-3-9-24(17)18/h5-8,10-11H,1-4,9H2,(H,22,25). The van der Waals surface area contributed by atoms with Crippen LogP contribution < -0.4 is 5.32 Å². The summed E-state index contributed by atoms with van der Waals surface area (Å²) in [4.78, 5) is 17.2. The Bertz CT molecular complexity index is 967. The molecule has 4 nitrogen and oxygen atoms in total. The van der Waals surface area contributed by atoms with Crippen molar-refractivity contribution in [2.45, 2.75) is 32.2 Å². The number of carbonyl (C=O) groups excluding carboxylic acids is 1. The molecule has 6 heteroatoms. The number of halogens is 2. The van der Waals surface area contributed by atoms with Crippen molar-refractivity contribution in [3.8, 4) is 0 Å². The number of carbonyl (C=O) groups is 1. The number of anilines is 1. The highest BCUT2D eigenvalue weighted by molar-refractivity contribution is 9.10. The minimum absolute atomic E-state index is 0.224. The van der Waals surface area contributed by atoms with Crippen LogP contribution in [0.1, 0.15) is 35.4 Å². The van der Waals surface area contributed by atoms with Gasteiger partial charge >= 0.3 is 0 Å². The van der Waals surface area contributed by atoms with E-state index in [0.717, 1.165) is 40.0 Å². The lowest BCUT2D eigenvalue weighted by Gasteiger charge is -2.08. The minimum Gasteiger partial charge on any atom is -0.328 e. The molecule has 0 radical (unpaired) electrons. The molecular weight excluding hydrogens is 402 g/mol. The molecule has 4 rings (SSSR count). The number of rotatable bonds is 2. The number of benzene rings is 2. The number of amides is 1. The van der Waals surface area contributed by atoms with Crippen LogP contribution in [0.5, 0.6) is 0 Å². The van der Waals surface area contributed by atoms with Crippen molar-refractivity contribution in [2.24, 2.45) is 0 Å². The van der Waals surface area contributed by atoms with Gasteiger partial charge in [-0.1, -0.05) is 34.0 Å². The van der Waals surface area contributed by atoms with Gasteiger partial charge in [0.1, 0.15) is 5.82 Å². The van der Waals surface area contributed by atoms with E-state index in [2.05, 4.69) is 25.8 Å². The molecule has 0 saturated carbocycles. The number of fused-ring (bicyclic) bond motifs is 3. The second-order valence-corrected chi connectivity index (χ2v) is 7.59. The van der Waals surface area contributed by atoms with Crippen molar-refractivity contribution in [3.05, 3.63) is 57.3 Å². The number of imidazole rings is 1. The van der Waals surface area contributed by atoms with Gasteiger partial charge in [-0.2, -0.15) is 0 Å². The summed E-state index contributed by atoms with van der Waals surface area (Å²) in [5, 5.41) is 3.33. The Morgan fingerprint density at radius 3 is 2.88 bits per heavy atom. The minimum atomic E-state index is -0.224. The summed E-state index contributed by atoms with van der Waals surface area (Å²) in [7, 11) is 0. The summed E-state index contributed by atoms with van der Waals surface area (Å²) in [6.45, 7) is 1.02. The number of aryl methyl sites for hydroxylation is 2. The van der Waals surface area contributed by atoms with Gasteiger partial charge < -0.3 is 9.88 Å². The van der Waals surface area contributed by atoms with Crippen molar-refractivity contribution < 1.29 is 4.79 Å². The van der Waals surface area contributed by atoms with Gasteiger partial charge in [0, 0.05) is 23.1 Å². The van der Waals surface area contributed by atoms with E-state index in [1.54, 1.807) is 18.2 Å². The van der Waals surface area contributed by atoms with Gasteiger partial charge in [0.25, 0.3) is 5.91 Å². The summed E-state index contributed by atoms with van der Waals surface area (Å²) in [6, 6.07) is 11.1. The molecule has 0 aliphatic carbocycles. The summed E-state index contributed by atoms with van der Waals surface area (Å²) < 4.78 is 3.15. The molecule has 0 fully saturated rings. The maximum absolute atomic E-state index is 12.5. The van der Waals surface area contributed by atoms with Gasteiger partial charge in [-0.25, -0.2) is 4.98 Å². The summed E-state index contributed by atoms with van der Waals surface area (Å²) in [5.41, 5.74) is 3.24. The largest absolute Gasteiger partial charge is 0.328 e. The van der Waals surface area contributed by atoms with Gasteiger partial charge in [-0.05, 0) is 49.2 Å². The molecule has 0 spiro atoms. The van der Waals surface area contributed by atoms with Gasteiger partial charge in [0.05, 0.1) is 21.6 Å². The number of hydrogen-bond acceptors (Lipinski definition) is 2. The van der Waals surface area contributed by atoms with Crippen molar-refractivity contribution in [1.82, 2.24) is 9.55 Å². The molecule has 0 atom stereocenters. The second kappa shape index (κ2) is 6.81. The lowest BCUT2D eigenvalue weighted by molar-refractivity contribution is 0.102. The molecule has 3 aromatic rings. The first-order chi connectivity index (χ1) is 12.1. The van der Waals surface area contributed by atoms with Crippen LogP contribution in [-0.2, 0) is 13.0 Å². The van der Waals surface area contributed by atoms with Gasteiger partial charge in [-0.3, -0.25) is 4.79 Å². The van der Waals surface area contributed by atoms with Crippen LogP contribution in [0.4, 0.5) is 5.69 Å². The molecule has 2 aromatic carbocycles. The van der Waals surface area contributed by atoms with Crippen molar-refractivity contribution >= 4 is 50.2 Å². The van der Waals surface area contributed by atoms with Gasteiger partial charge in [0.2, 0.25) is 0 Å². The van der Waals surface area contributed by atoms with E-state index in [0.29, 0.717) is 10.6 Å².